The number of cyclic esters (lactones) is 1. The maximum atomic E-state index is 13.3. The molecule has 1 aliphatic heterocycles. The SMILES string of the molecule is COC(=O)CCC1=CC(c2c(OC)c(C)c3c(c2OS(=O)(=O)c2ccc(C)cc2)C(=O)OC3)CC1. The minimum absolute atomic E-state index is 0.0163. The topological polar surface area (TPSA) is 105 Å². The highest BCUT2D eigenvalue weighted by Crippen LogP contribution is 2.50. The number of methoxy groups -OCH3 is 2. The summed E-state index contributed by atoms with van der Waals surface area (Å²) >= 11 is 0. The van der Waals surface area contributed by atoms with E-state index in [2.05, 4.69) is 0 Å². The molecule has 1 atom stereocenters. The molecule has 0 radical (unpaired) electrons. The largest absolute Gasteiger partial charge is 0.496 e. The first kappa shape index (κ1) is 24.8. The van der Waals surface area contributed by atoms with Crippen molar-refractivity contribution >= 4 is 22.1 Å². The summed E-state index contributed by atoms with van der Waals surface area (Å²) in [5.74, 6) is -0.781. The third-order valence-electron chi connectivity index (χ3n) is 6.53. The molecule has 0 amide bonds. The second-order valence-electron chi connectivity index (χ2n) is 8.73. The maximum Gasteiger partial charge on any atom is 0.342 e. The number of ether oxygens (including phenoxy) is 3. The van der Waals surface area contributed by atoms with Gasteiger partial charge in [0, 0.05) is 23.5 Å². The van der Waals surface area contributed by atoms with Crippen molar-refractivity contribution in [2.75, 3.05) is 14.2 Å². The number of rotatable bonds is 8. The highest BCUT2D eigenvalue weighted by Gasteiger charge is 2.38. The molecule has 0 saturated heterocycles. The highest BCUT2D eigenvalue weighted by molar-refractivity contribution is 7.87. The van der Waals surface area contributed by atoms with Gasteiger partial charge in [-0.25, -0.2) is 4.79 Å². The predicted octanol–water partition coefficient (Wildman–Crippen LogP) is 4.51. The van der Waals surface area contributed by atoms with Gasteiger partial charge in [-0.2, -0.15) is 8.42 Å². The monoisotopic (exact) mass is 500 g/mol. The quantitative estimate of drug-likeness (QED) is 0.296. The Morgan fingerprint density at radius 2 is 1.83 bits per heavy atom. The third kappa shape index (κ3) is 4.77. The van der Waals surface area contributed by atoms with Crippen LogP contribution < -0.4 is 8.92 Å². The van der Waals surface area contributed by atoms with Gasteiger partial charge in [-0.1, -0.05) is 29.3 Å². The van der Waals surface area contributed by atoms with Crippen molar-refractivity contribution in [1.29, 1.82) is 0 Å². The molecule has 2 aromatic carbocycles. The molecule has 186 valence electrons. The van der Waals surface area contributed by atoms with Gasteiger partial charge in [-0.15, -0.1) is 0 Å². The fraction of sp³-hybridized carbons (Fsp3) is 0.385. The molecule has 0 spiro atoms. The Morgan fingerprint density at radius 3 is 2.49 bits per heavy atom. The Balaban J connectivity index is 1.83. The van der Waals surface area contributed by atoms with Crippen molar-refractivity contribution in [2.24, 2.45) is 0 Å². The van der Waals surface area contributed by atoms with Gasteiger partial charge < -0.3 is 18.4 Å². The molecule has 35 heavy (non-hydrogen) atoms. The Hall–Kier alpha value is -3.33. The molecule has 0 saturated carbocycles. The third-order valence-corrected chi connectivity index (χ3v) is 7.77. The standard InChI is InChI=1S/C26H28O8S/c1-15-5-10-19(11-6-15)35(29,30)34-25-22(18-9-7-17(13-18)8-12-21(27)31-3)24(32-4)16(2)20-14-33-26(28)23(20)25/h5-6,10-11,13,18H,7-9,12,14H2,1-4H3. The summed E-state index contributed by atoms with van der Waals surface area (Å²) in [6, 6.07) is 6.29. The van der Waals surface area contributed by atoms with Crippen LogP contribution in [0.25, 0.3) is 0 Å². The molecule has 9 heteroatoms. The van der Waals surface area contributed by atoms with Crippen molar-refractivity contribution in [3.63, 3.8) is 0 Å². The van der Waals surface area contributed by atoms with Crippen LogP contribution in [-0.4, -0.2) is 34.6 Å². The Bertz CT molecular complexity index is 1310. The van der Waals surface area contributed by atoms with E-state index in [1.165, 1.54) is 26.4 Å². The minimum atomic E-state index is -4.25. The van der Waals surface area contributed by atoms with E-state index in [-0.39, 0.29) is 41.1 Å². The molecule has 8 nitrogen and oxygen atoms in total. The van der Waals surface area contributed by atoms with Crippen LogP contribution in [0.3, 0.4) is 0 Å². The molecule has 2 aromatic rings. The summed E-state index contributed by atoms with van der Waals surface area (Å²) in [6.07, 6.45) is 4.16. The summed E-state index contributed by atoms with van der Waals surface area (Å²) in [7, 11) is -1.39. The fourth-order valence-electron chi connectivity index (χ4n) is 4.65. The van der Waals surface area contributed by atoms with Gasteiger partial charge in [0.05, 0.1) is 14.2 Å². The Morgan fingerprint density at radius 1 is 1.11 bits per heavy atom. The summed E-state index contributed by atoms with van der Waals surface area (Å²) in [4.78, 5) is 24.3. The smallest absolute Gasteiger partial charge is 0.342 e. The van der Waals surface area contributed by atoms with E-state index in [1.54, 1.807) is 12.1 Å². The number of carbonyl (C=O) groups is 2. The zero-order valence-corrected chi connectivity index (χ0v) is 21.0. The van der Waals surface area contributed by atoms with Crippen LogP contribution in [0.1, 0.15) is 64.2 Å². The van der Waals surface area contributed by atoms with Crippen LogP contribution >= 0.6 is 0 Å². The molecule has 0 bridgehead atoms. The molecule has 1 aliphatic carbocycles. The van der Waals surface area contributed by atoms with E-state index >= 15 is 0 Å². The van der Waals surface area contributed by atoms with Crippen LogP contribution in [0.2, 0.25) is 0 Å². The van der Waals surface area contributed by atoms with Crippen molar-refractivity contribution in [1.82, 2.24) is 0 Å². The second kappa shape index (κ2) is 9.73. The van der Waals surface area contributed by atoms with Crippen LogP contribution in [-0.2, 0) is 31.0 Å². The zero-order valence-electron chi connectivity index (χ0n) is 20.2. The van der Waals surface area contributed by atoms with E-state index in [0.29, 0.717) is 35.3 Å². The lowest BCUT2D eigenvalue weighted by atomic mass is 9.89. The summed E-state index contributed by atoms with van der Waals surface area (Å²) in [5.41, 5.74) is 3.83. The summed E-state index contributed by atoms with van der Waals surface area (Å²) in [5, 5.41) is 0. The van der Waals surface area contributed by atoms with E-state index in [4.69, 9.17) is 18.4 Å². The summed E-state index contributed by atoms with van der Waals surface area (Å²) in [6.45, 7) is 3.69. The summed E-state index contributed by atoms with van der Waals surface area (Å²) < 4.78 is 48.0. The van der Waals surface area contributed by atoms with Crippen LogP contribution in [0, 0.1) is 13.8 Å². The van der Waals surface area contributed by atoms with E-state index in [0.717, 1.165) is 17.6 Å². The van der Waals surface area contributed by atoms with Crippen molar-refractivity contribution in [3.8, 4) is 11.5 Å². The first-order valence-electron chi connectivity index (χ1n) is 11.3. The number of esters is 2. The van der Waals surface area contributed by atoms with Gasteiger partial charge in [-0.05, 0) is 50.8 Å². The lowest BCUT2D eigenvalue weighted by Gasteiger charge is -2.22. The fourth-order valence-corrected chi connectivity index (χ4v) is 5.61. The van der Waals surface area contributed by atoms with Crippen LogP contribution in [0.5, 0.6) is 11.5 Å². The molecule has 2 aliphatic rings. The number of benzene rings is 2. The second-order valence-corrected chi connectivity index (χ2v) is 10.3. The van der Waals surface area contributed by atoms with E-state index in [9.17, 15) is 18.0 Å². The highest BCUT2D eigenvalue weighted by atomic mass is 32.2. The first-order chi connectivity index (χ1) is 16.7. The van der Waals surface area contributed by atoms with Gasteiger partial charge in [0.15, 0.2) is 5.75 Å². The van der Waals surface area contributed by atoms with Crippen molar-refractivity contribution < 1.29 is 36.4 Å². The van der Waals surface area contributed by atoms with Crippen LogP contribution in [0.15, 0.2) is 40.8 Å². The number of fused-ring (bicyclic) bond motifs is 1. The van der Waals surface area contributed by atoms with Gasteiger partial charge >= 0.3 is 22.1 Å². The van der Waals surface area contributed by atoms with Gasteiger partial charge in [0.2, 0.25) is 0 Å². The van der Waals surface area contributed by atoms with Gasteiger partial charge in [0.1, 0.15) is 22.8 Å². The molecule has 1 unspecified atom stereocenters. The van der Waals surface area contributed by atoms with Gasteiger partial charge in [-0.3, -0.25) is 4.79 Å². The normalized spacial score (nSPS) is 17.0. The lowest BCUT2D eigenvalue weighted by molar-refractivity contribution is -0.140. The van der Waals surface area contributed by atoms with Crippen molar-refractivity contribution in [2.45, 2.75) is 57.0 Å². The minimum Gasteiger partial charge on any atom is -0.496 e. The first-order valence-corrected chi connectivity index (χ1v) is 12.7. The number of hydrogen-bond acceptors (Lipinski definition) is 8. The maximum absolute atomic E-state index is 13.3. The average Bonchev–Trinajstić information content (AvgIpc) is 3.46. The van der Waals surface area contributed by atoms with Crippen LogP contribution in [0.4, 0.5) is 0 Å². The molecule has 1 heterocycles. The van der Waals surface area contributed by atoms with E-state index in [1.807, 2.05) is 19.9 Å². The molecule has 0 N–H and O–H groups in total. The zero-order chi connectivity index (χ0) is 25.3. The molecular formula is C26H28O8S. The van der Waals surface area contributed by atoms with Gasteiger partial charge in [0.25, 0.3) is 0 Å². The number of allylic oxidation sites excluding steroid dienone is 2. The molecule has 0 fully saturated rings. The van der Waals surface area contributed by atoms with Crippen molar-refractivity contribution in [3.05, 3.63) is 63.7 Å². The molecule has 0 aromatic heterocycles. The van der Waals surface area contributed by atoms with E-state index < -0.39 is 16.1 Å². The number of carbonyl (C=O) groups excluding carboxylic acids is 2. The average molecular weight is 501 g/mol. The lowest BCUT2D eigenvalue weighted by Crippen LogP contribution is -2.16. The molecular weight excluding hydrogens is 472 g/mol. The number of aryl methyl sites for hydroxylation is 1. The number of hydrogen-bond donors (Lipinski definition) is 0. The predicted molar refractivity (Wildman–Crippen MR) is 127 cm³/mol. The Labute approximate surface area is 205 Å². The Kier molecular flexibility index (Phi) is 6.89. The molecule has 4 rings (SSSR count).